The maximum Gasteiger partial charge on any atom is 0.262 e. The lowest BCUT2D eigenvalue weighted by Crippen LogP contribution is -2.22. The van der Waals surface area contributed by atoms with Gasteiger partial charge in [-0.15, -0.1) is 0 Å². The molecule has 0 spiro atoms. The third kappa shape index (κ3) is 16.4. The second kappa shape index (κ2) is 14.6. The van der Waals surface area contributed by atoms with E-state index in [4.69, 9.17) is 0 Å². The predicted octanol–water partition coefficient (Wildman–Crippen LogP) is 8.70. The molecule has 0 aromatic carbocycles. The maximum absolute atomic E-state index is 2.54. The Morgan fingerprint density at radius 1 is 0.400 bits per heavy atom. The highest BCUT2D eigenvalue weighted by molar-refractivity contribution is 6.59. The molecule has 0 fully saturated rings. The third-order valence-electron chi connectivity index (χ3n) is 5.92. The Hall–Kier alpha value is 0.532. The van der Waals surface area contributed by atoms with Crippen LogP contribution in [-0.2, 0) is 0 Å². The van der Waals surface area contributed by atoms with E-state index in [1.54, 1.807) is 15.8 Å². The first-order valence-electron chi connectivity index (χ1n) is 11.6. The van der Waals surface area contributed by atoms with Gasteiger partial charge in [-0.1, -0.05) is 134 Å². The van der Waals surface area contributed by atoms with Gasteiger partial charge in [0.1, 0.15) is 0 Å². The second-order valence-electron chi connectivity index (χ2n) is 10.8. The Morgan fingerprint density at radius 3 is 0.840 bits per heavy atom. The molecule has 0 aliphatic carbocycles. The van der Waals surface area contributed by atoms with Crippen molar-refractivity contribution < 1.29 is 0 Å². The second-order valence-corrected chi connectivity index (χ2v) is 13.9. The minimum atomic E-state index is -0.596. The van der Waals surface area contributed by atoms with Crippen LogP contribution in [0.4, 0.5) is 0 Å². The minimum absolute atomic E-state index is 0.596. The molecule has 0 radical (unpaired) electrons. The minimum Gasteiger partial charge on any atom is -0.0913 e. The Bertz CT molecular complexity index is 247. The molecule has 1 heteroatoms. The van der Waals surface area contributed by atoms with Crippen LogP contribution in [-0.4, -0.2) is 14.1 Å². The van der Waals surface area contributed by atoms with Gasteiger partial charge in [0.15, 0.2) is 0 Å². The lowest BCUT2D eigenvalue weighted by molar-refractivity contribution is 0.451. The van der Waals surface area contributed by atoms with Crippen LogP contribution < -0.4 is 0 Å². The summed E-state index contributed by atoms with van der Waals surface area (Å²) in [6, 6.07) is 0. The van der Waals surface area contributed by atoms with Gasteiger partial charge in [-0.25, -0.2) is 0 Å². The van der Waals surface area contributed by atoms with Crippen LogP contribution in [0.15, 0.2) is 0 Å². The summed E-state index contributed by atoms with van der Waals surface area (Å²) < 4.78 is 0. The lowest BCUT2D eigenvalue weighted by atomic mass is 10.0. The number of hydrogen-bond acceptors (Lipinski definition) is 0. The summed E-state index contributed by atoms with van der Waals surface area (Å²) in [4.78, 5) is 0. The van der Waals surface area contributed by atoms with E-state index in [-0.39, 0.29) is 0 Å². The Kier molecular flexibility index (Phi) is 14.9. The monoisotopic (exact) mass is 366 g/mol. The van der Waals surface area contributed by atoms with Crippen molar-refractivity contribution in [2.75, 3.05) is 0 Å². The standard InChI is InChI=1S/3C8H17.Al/c3*1-7(2)5-6-8(3)4;/h3*7-8H,1,5-6H2,2-4H3;. The smallest absolute Gasteiger partial charge is 0.0913 e. The summed E-state index contributed by atoms with van der Waals surface area (Å²) in [6.45, 7) is 21.9. The van der Waals surface area contributed by atoms with Crippen LogP contribution in [0.1, 0.15) is 101 Å². The highest BCUT2D eigenvalue weighted by Gasteiger charge is 2.25. The molecule has 0 saturated carbocycles. The first-order chi connectivity index (χ1) is 11.6. The van der Waals surface area contributed by atoms with Crippen molar-refractivity contribution in [3.8, 4) is 0 Å². The Labute approximate surface area is 166 Å². The average Bonchev–Trinajstić information content (AvgIpc) is 2.48. The zero-order valence-corrected chi connectivity index (χ0v) is 20.6. The molecule has 0 saturated heterocycles. The van der Waals surface area contributed by atoms with E-state index in [2.05, 4.69) is 62.3 Å². The van der Waals surface area contributed by atoms with Crippen molar-refractivity contribution in [1.82, 2.24) is 0 Å². The van der Waals surface area contributed by atoms with E-state index in [1.165, 1.54) is 38.5 Å². The van der Waals surface area contributed by atoms with Crippen LogP contribution in [0, 0.1) is 35.5 Å². The van der Waals surface area contributed by atoms with Crippen molar-refractivity contribution in [3.63, 3.8) is 0 Å². The van der Waals surface area contributed by atoms with Crippen molar-refractivity contribution >= 4 is 14.1 Å². The van der Waals surface area contributed by atoms with Gasteiger partial charge in [0.2, 0.25) is 0 Å². The van der Waals surface area contributed by atoms with Crippen LogP contribution in [0.2, 0.25) is 15.8 Å². The summed E-state index contributed by atoms with van der Waals surface area (Å²) in [7, 11) is 0. The van der Waals surface area contributed by atoms with Crippen molar-refractivity contribution in [2.45, 2.75) is 117 Å². The molecule has 3 unspecified atom stereocenters. The fourth-order valence-electron chi connectivity index (χ4n) is 4.20. The summed E-state index contributed by atoms with van der Waals surface area (Å²) in [6.07, 6.45) is 8.65. The molecular weight excluding hydrogens is 315 g/mol. The SMILES string of the molecule is CC(C)CCC(C)[CH2][Al]([CH2]C(C)CCC(C)C)[CH2]C(C)CCC(C)C. The molecule has 0 aliphatic rings. The van der Waals surface area contributed by atoms with Gasteiger partial charge in [-0.2, -0.15) is 0 Å². The molecule has 0 heterocycles. The molecule has 0 bridgehead atoms. The van der Waals surface area contributed by atoms with E-state index < -0.39 is 14.1 Å². The zero-order chi connectivity index (χ0) is 19.4. The van der Waals surface area contributed by atoms with Crippen LogP contribution in [0.5, 0.6) is 0 Å². The van der Waals surface area contributed by atoms with Gasteiger partial charge in [0.25, 0.3) is 14.1 Å². The summed E-state index contributed by atoms with van der Waals surface area (Å²) in [5, 5.41) is 4.81. The number of rotatable bonds is 15. The van der Waals surface area contributed by atoms with Crippen LogP contribution >= 0.6 is 0 Å². The topological polar surface area (TPSA) is 0 Å². The maximum atomic E-state index is 2.54. The molecule has 0 aromatic heterocycles. The highest BCUT2D eigenvalue weighted by Crippen LogP contribution is 2.29. The molecule has 0 rings (SSSR count). The molecule has 0 aromatic rings. The quantitative estimate of drug-likeness (QED) is 0.254. The van der Waals surface area contributed by atoms with Gasteiger partial charge in [0, 0.05) is 0 Å². The van der Waals surface area contributed by atoms with Gasteiger partial charge in [-0.05, 0) is 17.8 Å². The van der Waals surface area contributed by atoms with E-state index >= 15 is 0 Å². The van der Waals surface area contributed by atoms with E-state index in [0.717, 1.165) is 35.5 Å². The first kappa shape index (κ1) is 25.5. The van der Waals surface area contributed by atoms with Crippen LogP contribution in [0.25, 0.3) is 0 Å². The van der Waals surface area contributed by atoms with E-state index in [9.17, 15) is 0 Å². The van der Waals surface area contributed by atoms with Crippen LogP contribution in [0.3, 0.4) is 0 Å². The predicted molar refractivity (Wildman–Crippen MR) is 120 cm³/mol. The fraction of sp³-hybridized carbons (Fsp3) is 1.00. The average molecular weight is 367 g/mol. The molecule has 0 nitrogen and oxygen atoms in total. The highest BCUT2D eigenvalue weighted by atomic mass is 27.2. The van der Waals surface area contributed by atoms with Crippen molar-refractivity contribution in [2.24, 2.45) is 35.5 Å². The molecule has 0 N–H and O–H groups in total. The van der Waals surface area contributed by atoms with E-state index in [1.807, 2.05) is 0 Å². The largest absolute Gasteiger partial charge is 0.262 e. The molecule has 25 heavy (non-hydrogen) atoms. The normalized spacial score (nSPS) is 15.8. The zero-order valence-electron chi connectivity index (χ0n) is 19.4. The van der Waals surface area contributed by atoms with Crippen molar-refractivity contribution in [3.05, 3.63) is 0 Å². The first-order valence-corrected chi connectivity index (χ1v) is 14.0. The molecule has 3 atom stereocenters. The fourth-order valence-corrected chi connectivity index (χ4v) is 8.90. The molecule has 150 valence electrons. The third-order valence-corrected chi connectivity index (χ3v) is 10.3. The summed E-state index contributed by atoms with van der Waals surface area (Å²) >= 11 is -0.596. The Balaban J connectivity index is 4.52. The summed E-state index contributed by atoms with van der Waals surface area (Å²) in [5.41, 5.74) is 0. The van der Waals surface area contributed by atoms with Gasteiger partial charge in [-0.3, -0.25) is 0 Å². The number of hydrogen-bond donors (Lipinski definition) is 0. The van der Waals surface area contributed by atoms with Gasteiger partial charge >= 0.3 is 0 Å². The molecule has 0 aliphatic heterocycles. The molecule has 0 amide bonds. The van der Waals surface area contributed by atoms with E-state index in [0.29, 0.717) is 0 Å². The Morgan fingerprint density at radius 2 is 0.640 bits per heavy atom. The van der Waals surface area contributed by atoms with Gasteiger partial charge < -0.3 is 0 Å². The van der Waals surface area contributed by atoms with Crippen molar-refractivity contribution in [1.29, 1.82) is 0 Å². The molecular formula is C24H51Al. The lowest BCUT2D eigenvalue weighted by Gasteiger charge is -2.24. The van der Waals surface area contributed by atoms with Gasteiger partial charge in [0.05, 0.1) is 0 Å². The summed E-state index contributed by atoms with van der Waals surface area (Å²) in [5.74, 6) is 5.52.